The van der Waals surface area contributed by atoms with Crippen molar-refractivity contribution in [2.75, 3.05) is 17.3 Å². The number of nitrogens with one attached hydrogen (secondary N) is 1. The lowest BCUT2D eigenvalue weighted by Crippen LogP contribution is -2.59. The van der Waals surface area contributed by atoms with Crippen molar-refractivity contribution in [1.29, 1.82) is 5.26 Å². The number of nitrogens with zero attached hydrogens (tertiary/aromatic N) is 2. The molecule has 43 heavy (non-hydrogen) atoms. The molecule has 1 unspecified atom stereocenters. The molecule has 228 valence electrons. The van der Waals surface area contributed by atoms with E-state index in [1.807, 2.05) is 11.4 Å². The van der Waals surface area contributed by atoms with Gasteiger partial charge in [-0.25, -0.2) is 8.78 Å². The summed E-state index contributed by atoms with van der Waals surface area (Å²) in [5.41, 5.74) is -9.80. The van der Waals surface area contributed by atoms with Crippen molar-refractivity contribution in [2.24, 2.45) is 0 Å². The number of carbonyl (C=O) groups excluding carboxylic acids is 2. The maximum atomic E-state index is 15.4. The molecule has 0 spiro atoms. The highest BCUT2D eigenvalue weighted by atomic mass is 79.9. The van der Waals surface area contributed by atoms with E-state index in [0.29, 0.717) is 0 Å². The molecule has 0 fully saturated rings. The van der Waals surface area contributed by atoms with Crippen LogP contribution < -0.4 is 10.2 Å². The average Bonchev–Trinajstić information content (AvgIpc) is 2.92. The first-order valence-corrected chi connectivity index (χ1v) is 12.9. The van der Waals surface area contributed by atoms with E-state index in [4.69, 9.17) is 5.26 Å². The van der Waals surface area contributed by atoms with E-state index in [1.54, 1.807) is 0 Å². The molecule has 3 aromatic rings. The third kappa shape index (κ3) is 6.07. The minimum atomic E-state index is -6.94. The number of alkyl halides is 9. The standard InChI is InChI=1S/C26H13Br2F10N3O2/c1-41(22(43)13-7-5-12(11-39)6-8-13)18-4-2-3-15(19(18)29)21(42)40-20-16(27)9-14(10-17(20)28)23(30,25(33,34)35)24(31,32)26(36,37)38/h2-10H,1H3,(H,40,42). The number of halogens is 12. The van der Waals surface area contributed by atoms with E-state index in [2.05, 4.69) is 31.9 Å². The molecule has 0 aliphatic rings. The lowest BCUT2D eigenvalue weighted by atomic mass is 9.87. The molecule has 0 saturated heterocycles. The highest BCUT2D eigenvalue weighted by Crippen LogP contribution is 2.59. The van der Waals surface area contributed by atoms with E-state index in [0.717, 1.165) is 17.0 Å². The summed E-state index contributed by atoms with van der Waals surface area (Å²) in [6.07, 6.45) is -13.7. The number of benzene rings is 3. The summed E-state index contributed by atoms with van der Waals surface area (Å²) >= 11 is 5.23. The molecule has 0 saturated carbocycles. The van der Waals surface area contributed by atoms with Gasteiger partial charge in [0.2, 0.25) is 0 Å². The highest BCUT2D eigenvalue weighted by molar-refractivity contribution is 9.11. The molecule has 0 radical (unpaired) electrons. The third-order valence-corrected chi connectivity index (χ3v) is 7.26. The van der Waals surface area contributed by atoms with Gasteiger partial charge >= 0.3 is 23.9 Å². The van der Waals surface area contributed by atoms with Crippen molar-refractivity contribution in [3.05, 3.63) is 91.6 Å². The molecule has 0 aromatic heterocycles. The maximum Gasteiger partial charge on any atom is 0.457 e. The zero-order valence-corrected chi connectivity index (χ0v) is 24.1. The first-order chi connectivity index (χ1) is 19.7. The number of carbonyl (C=O) groups is 2. The van der Waals surface area contributed by atoms with Gasteiger partial charge < -0.3 is 10.2 Å². The van der Waals surface area contributed by atoms with Gasteiger partial charge in [-0.1, -0.05) is 6.07 Å². The van der Waals surface area contributed by atoms with Gasteiger partial charge in [-0.2, -0.15) is 40.4 Å². The summed E-state index contributed by atoms with van der Waals surface area (Å²) in [6.45, 7) is 0. The van der Waals surface area contributed by atoms with Crippen molar-refractivity contribution in [3.63, 3.8) is 0 Å². The van der Waals surface area contributed by atoms with E-state index in [-0.39, 0.29) is 23.3 Å². The Bertz CT molecular complexity index is 1600. The van der Waals surface area contributed by atoms with Crippen LogP contribution in [0.5, 0.6) is 0 Å². The topological polar surface area (TPSA) is 73.2 Å². The largest absolute Gasteiger partial charge is 0.457 e. The SMILES string of the molecule is CN(C(=O)c1ccc(C#N)cc1)c1cccc(C(=O)Nc2c(Br)cc(C(F)(C(F)(F)F)C(F)(F)C(F)(F)F)cc2Br)c1F. The Morgan fingerprint density at radius 2 is 1.40 bits per heavy atom. The van der Waals surface area contributed by atoms with E-state index in [9.17, 15) is 49.1 Å². The lowest BCUT2D eigenvalue weighted by molar-refractivity contribution is -0.389. The third-order valence-electron chi connectivity index (χ3n) is 6.01. The minimum Gasteiger partial charge on any atom is -0.320 e. The van der Waals surface area contributed by atoms with Gasteiger partial charge in [-0.15, -0.1) is 0 Å². The number of rotatable bonds is 6. The Balaban J connectivity index is 1.98. The predicted octanol–water partition coefficient (Wildman–Crippen LogP) is 8.68. The minimum absolute atomic E-state index is 0.0374. The Kier molecular flexibility index (Phi) is 9.28. The van der Waals surface area contributed by atoms with Crippen LogP contribution >= 0.6 is 31.9 Å². The molecule has 0 aliphatic heterocycles. The van der Waals surface area contributed by atoms with Crippen LogP contribution in [0.25, 0.3) is 0 Å². The fourth-order valence-electron chi connectivity index (χ4n) is 3.74. The first-order valence-electron chi connectivity index (χ1n) is 11.3. The molecule has 0 heterocycles. The summed E-state index contributed by atoms with van der Waals surface area (Å²) in [6, 6.07) is 10.3. The molecular weight excluding hydrogens is 736 g/mol. The Labute approximate surface area is 252 Å². The molecule has 3 aromatic carbocycles. The predicted molar refractivity (Wildman–Crippen MR) is 140 cm³/mol. The lowest BCUT2D eigenvalue weighted by Gasteiger charge is -2.36. The van der Waals surface area contributed by atoms with Crippen molar-refractivity contribution >= 4 is 55.0 Å². The zero-order valence-electron chi connectivity index (χ0n) is 20.9. The van der Waals surface area contributed by atoms with Gasteiger partial charge in [0.15, 0.2) is 5.82 Å². The summed E-state index contributed by atoms with van der Waals surface area (Å²) in [5, 5.41) is 10.9. The molecule has 2 amide bonds. The van der Waals surface area contributed by atoms with Crippen LogP contribution in [0.1, 0.15) is 31.8 Å². The number of amides is 2. The van der Waals surface area contributed by atoms with Gasteiger partial charge in [-0.3, -0.25) is 9.59 Å². The highest BCUT2D eigenvalue weighted by Gasteiger charge is 2.81. The van der Waals surface area contributed by atoms with Crippen molar-refractivity contribution in [2.45, 2.75) is 23.9 Å². The van der Waals surface area contributed by atoms with Gasteiger partial charge in [0, 0.05) is 27.1 Å². The first kappa shape index (κ1) is 33.8. The fourth-order valence-corrected chi connectivity index (χ4v) is 5.12. The van der Waals surface area contributed by atoms with Crippen LogP contribution in [-0.4, -0.2) is 37.1 Å². The normalized spacial score (nSPS) is 13.6. The quantitative estimate of drug-likeness (QED) is 0.257. The molecule has 0 bridgehead atoms. The van der Waals surface area contributed by atoms with Crippen molar-refractivity contribution < 1.29 is 53.5 Å². The molecule has 0 aliphatic carbocycles. The second-order valence-electron chi connectivity index (χ2n) is 8.69. The second kappa shape index (κ2) is 11.8. The van der Waals surface area contributed by atoms with E-state index >= 15 is 4.39 Å². The number of nitriles is 1. The van der Waals surface area contributed by atoms with Crippen LogP contribution in [0.15, 0.2) is 63.5 Å². The van der Waals surface area contributed by atoms with Crippen LogP contribution in [0.4, 0.5) is 55.3 Å². The number of anilines is 2. The van der Waals surface area contributed by atoms with Crippen LogP contribution in [0.3, 0.4) is 0 Å². The molecule has 3 rings (SSSR count). The smallest absolute Gasteiger partial charge is 0.320 e. The molecule has 5 nitrogen and oxygen atoms in total. The monoisotopic (exact) mass is 747 g/mol. The Hall–Kier alpha value is -3.65. The molecule has 1 N–H and O–H groups in total. The van der Waals surface area contributed by atoms with Crippen molar-refractivity contribution in [3.8, 4) is 6.07 Å². The van der Waals surface area contributed by atoms with Gasteiger partial charge in [0.25, 0.3) is 11.8 Å². The van der Waals surface area contributed by atoms with E-state index in [1.165, 1.54) is 37.4 Å². The van der Waals surface area contributed by atoms with Crippen LogP contribution in [0.2, 0.25) is 0 Å². The Morgan fingerprint density at radius 3 is 1.86 bits per heavy atom. The number of hydrogen-bond acceptors (Lipinski definition) is 3. The molecule has 17 heteroatoms. The summed E-state index contributed by atoms with van der Waals surface area (Å²) in [5.74, 6) is -10.2. The average molecular weight is 749 g/mol. The zero-order chi connectivity index (χ0) is 32.7. The van der Waals surface area contributed by atoms with Crippen LogP contribution in [-0.2, 0) is 5.67 Å². The summed E-state index contributed by atoms with van der Waals surface area (Å²) in [4.78, 5) is 26.6. The van der Waals surface area contributed by atoms with Gasteiger partial charge in [0.05, 0.1) is 28.6 Å². The van der Waals surface area contributed by atoms with Gasteiger partial charge in [-0.05, 0) is 80.4 Å². The Morgan fingerprint density at radius 1 is 0.860 bits per heavy atom. The molecular formula is C26H13Br2F10N3O2. The molecule has 1 atom stereocenters. The fraction of sp³-hybridized carbons (Fsp3) is 0.192. The maximum absolute atomic E-state index is 15.4. The summed E-state index contributed by atoms with van der Waals surface area (Å²) in [7, 11) is 1.17. The van der Waals surface area contributed by atoms with E-state index < -0.39 is 73.0 Å². The number of hydrogen-bond donors (Lipinski definition) is 1. The second-order valence-corrected chi connectivity index (χ2v) is 10.4. The summed E-state index contributed by atoms with van der Waals surface area (Å²) < 4.78 is 135. The van der Waals surface area contributed by atoms with Crippen molar-refractivity contribution in [1.82, 2.24) is 0 Å². The van der Waals surface area contributed by atoms with Gasteiger partial charge in [0.1, 0.15) is 0 Å². The van der Waals surface area contributed by atoms with Crippen LogP contribution in [0, 0.1) is 17.1 Å².